The molecule has 6 nitrogen and oxygen atoms in total. The van der Waals surface area contributed by atoms with Crippen LogP contribution >= 0.6 is 0 Å². The zero-order valence-corrected chi connectivity index (χ0v) is 19.0. The highest BCUT2D eigenvalue weighted by Gasteiger charge is 2.27. The molecule has 1 saturated heterocycles. The van der Waals surface area contributed by atoms with Gasteiger partial charge in [-0.2, -0.15) is 0 Å². The van der Waals surface area contributed by atoms with Gasteiger partial charge in [0.25, 0.3) is 0 Å². The molecule has 3 aromatic rings. The summed E-state index contributed by atoms with van der Waals surface area (Å²) in [6, 6.07) is 20.8. The first-order valence-corrected chi connectivity index (χ1v) is 11.5. The van der Waals surface area contributed by atoms with Gasteiger partial charge < -0.3 is 19.9 Å². The number of aliphatic imine (C=N–C) groups is 1. The molecule has 0 radical (unpaired) electrons. The van der Waals surface area contributed by atoms with Crippen LogP contribution in [0.5, 0.6) is 0 Å². The zero-order valence-electron chi connectivity index (χ0n) is 19.0. The molecule has 6 heteroatoms. The fourth-order valence-electron chi connectivity index (χ4n) is 4.22. The highest BCUT2D eigenvalue weighted by molar-refractivity contribution is 5.79. The van der Waals surface area contributed by atoms with Crippen LogP contribution in [0.25, 0.3) is 11.3 Å². The van der Waals surface area contributed by atoms with Crippen molar-refractivity contribution in [3.63, 3.8) is 0 Å². The molecule has 2 aromatic carbocycles. The number of hydrogen-bond acceptors (Lipinski definition) is 3. The van der Waals surface area contributed by atoms with Crippen LogP contribution < -0.4 is 5.32 Å². The summed E-state index contributed by atoms with van der Waals surface area (Å²) in [5.41, 5.74) is 3.41. The largest absolute Gasteiger partial charge is 0.373 e. The van der Waals surface area contributed by atoms with E-state index in [0.29, 0.717) is 12.5 Å². The maximum atomic E-state index is 6.15. The van der Waals surface area contributed by atoms with Gasteiger partial charge in [-0.05, 0) is 30.9 Å². The second kappa shape index (κ2) is 11.0. The lowest BCUT2D eigenvalue weighted by atomic mass is 9.89. The summed E-state index contributed by atoms with van der Waals surface area (Å²) in [7, 11) is 2.05. The fourth-order valence-corrected chi connectivity index (χ4v) is 4.22. The fraction of sp³-hybridized carbons (Fsp3) is 0.385. The molecule has 1 fully saturated rings. The van der Waals surface area contributed by atoms with Gasteiger partial charge in [0.2, 0.25) is 0 Å². The van der Waals surface area contributed by atoms with Crippen molar-refractivity contribution in [3.05, 3.63) is 78.2 Å². The third-order valence-corrected chi connectivity index (χ3v) is 5.85. The van der Waals surface area contributed by atoms with Crippen molar-refractivity contribution in [1.29, 1.82) is 0 Å². The quantitative estimate of drug-likeness (QED) is 0.422. The van der Waals surface area contributed by atoms with E-state index in [-0.39, 0.29) is 6.10 Å². The SMILES string of the molecule is CCNC(=NCC1CCCOC1c1ccccc1)N(C)Cc1ncc(-c2ccccc2)[nH]1. The summed E-state index contributed by atoms with van der Waals surface area (Å²) in [5.74, 6) is 2.18. The molecule has 0 aliphatic carbocycles. The Bertz CT molecular complexity index is 986. The van der Waals surface area contributed by atoms with Crippen LogP contribution in [0.1, 0.15) is 37.3 Å². The van der Waals surface area contributed by atoms with Crippen molar-refractivity contribution in [3.8, 4) is 11.3 Å². The Balaban J connectivity index is 1.43. The molecule has 0 spiro atoms. The van der Waals surface area contributed by atoms with Crippen LogP contribution in [-0.2, 0) is 11.3 Å². The Morgan fingerprint density at radius 1 is 1.16 bits per heavy atom. The van der Waals surface area contributed by atoms with Gasteiger partial charge >= 0.3 is 0 Å². The topological polar surface area (TPSA) is 65.5 Å². The lowest BCUT2D eigenvalue weighted by molar-refractivity contribution is -0.0250. The number of aromatic amines is 1. The molecule has 0 saturated carbocycles. The van der Waals surface area contributed by atoms with Crippen LogP contribution in [0, 0.1) is 5.92 Å². The van der Waals surface area contributed by atoms with Crippen LogP contribution in [0.15, 0.2) is 71.9 Å². The van der Waals surface area contributed by atoms with Crippen LogP contribution in [-0.4, -0.2) is 47.6 Å². The number of benzene rings is 2. The Hall–Kier alpha value is -3.12. The monoisotopic (exact) mass is 431 g/mol. The van der Waals surface area contributed by atoms with Gasteiger partial charge in [0, 0.05) is 32.7 Å². The van der Waals surface area contributed by atoms with Gasteiger partial charge in [0.1, 0.15) is 5.82 Å². The molecule has 168 valence electrons. The highest BCUT2D eigenvalue weighted by Crippen LogP contribution is 2.33. The number of aromatic nitrogens is 2. The average molecular weight is 432 g/mol. The standard InChI is InChI=1S/C26H33N5O/c1-3-27-26(29-17-22-15-10-16-32-25(22)21-13-8-5-9-14-21)31(2)19-24-28-18-23(30-24)20-11-6-4-7-12-20/h4-9,11-14,18,22,25H,3,10,15-17,19H2,1-2H3,(H,27,29)(H,28,30). The van der Waals surface area contributed by atoms with E-state index in [2.05, 4.69) is 76.6 Å². The lowest BCUT2D eigenvalue weighted by Gasteiger charge is -2.31. The van der Waals surface area contributed by atoms with Crippen molar-refractivity contribution in [2.45, 2.75) is 32.4 Å². The number of nitrogens with one attached hydrogen (secondary N) is 2. The number of hydrogen-bond donors (Lipinski definition) is 2. The van der Waals surface area contributed by atoms with E-state index in [4.69, 9.17) is 9.73 Å². The van der Waals surface area contributed by atoms with Crippen LogP contribution in [0.2, 0.25) is 0 Å². The van der Waals surface area contributed by atoms with E-state index in [0.717, 1.165) is 55.6 Å². The number of guanidine groups is 1. The molecule has 2 heterocycles. The molecule has 2 unspecified atom stereocenters. The Morgan fingerprint density at radius 3 is 2.66 bits per heavy atom. The summed E-state index contributed by atoms with van der Waals surface area (Å²) in [5, 5.41) is 3.43. The first-order valence-electron chi connectivity index (χ1n) is 11.5. The minimum absolute atomic E-state index is 0.111. The first-order chi connectivity index (χ1) is 15.7. The van der Waals surface area contributed by atoms with Crippen molar-refractivity contribution in [2.75, 3.05) is 26.7 Å². The highest BCUT2D eigenvalue weighted by atomic mass is 16.5. The lowest BCUT2D eigenvalue weighted by Crippen LogP contribution is -2.39. The van der Waals surface area contributed by atoms with Crippen molar-refractivity contribution in [2.24, 2.45) is 10.9 Å². The average Bonchev–Trinajstić information content (AvgIpc) is 3.31. The molecular formula is C26H33N5O. The van der Waals surface area contributed by atoms with E-state index in [1.165, 1.54) is 5.56 Å². The molecule has 1 aliphatic rings. The minimum atomic E-state index is 0.111. The third kappa shape index (κ3) is 5.56. The maximum Gasteiger partial charge on any atom is 0.194 e. The van der Waals surface area contributed by atoms with Gasteiger partial charge in [-0.3, -0.25) is 4.99 Å². The molecule has 0 bridgehead atoms. The molecule has 32 heavy (non-hydrogen) atoms. The summed E-state index contributed by atoms with van der Waals surface area (Å²) in [4.78, 5) is 15.1. The summed E-state index contributed by atoms with van der Waals surface area (Å²) in [6.07, 6.45) is 4.22. The minimum Gasteiger partial charge on any atom is -0.373 e. The van der Waals surface area contributed by atoms with E-state index in [9.17, 15) is 0 Å². The first kappa shape index (κ1) is 22.1. The second-order valence-electron chi connectivity index (χ2n) is 8.26. The van der Waals surface area contributed by atoms with Gasteiger partial charge in [-0.25, -0.2) is 4.98 Å². The Morgan fingerprint density at radius 2 is 1.91 bits per heavy atom. The van der Waals surface area contributed by atoms with E-state index >= 15 is 0 Å². The number of imidazole rings is 1. The molecule has 2 N–H and O–H groups in total. The predicted molar refractivity (Wildman–Crippen MR) is 129 cm³/mol. The molecule has 2 atom stereocenters. The molecule has 0 amide bonds. The zero-order chi connectivity index (χ0) is 22.2. The summed E-state index contributed by atoms with van der Waals surface area (Å²) < 4.78 is 6.15. The van der Waals surface area contributed by atoms with E-state index in [1.54, 1.807) is 0 Å². The van der Waals surface area contributed by atoms with Gasteiger partial charge in [0.15, 0.2) is 5.96 Å². The molecule has 1 aliphatic heterocycles. The maximum absolute atomic E-state index is 6.15. The van der Waals surface area contributed by atoms with Crippen LogP contribution in [0.3, 0.4) is 0 Å². The molecule has 4 rings (SSSR count). The van der Waals surface area contributed by atoms with E-state index in [1.807, 2.05) is 24.4 Å². The number of H-pyrrole nitrogens is 1. The van der Waals surface area contributed by atoms with Gasteiger partial charge in [-0.1, -0.05) is 60.7 Å². The van der Waals surface area contributed by atoms with Crippen molar-refractivity contribution in [1.82, 2.24) is 20.2 Å². The molecular weight excluding hydrogens is 398 g/mol. The van der Waals surface area contributed by atoms with Crippen LogP contribution in [0.4, 0.5) is 0 Å². The smallest absolute Gasteiger partial charge is 0.194 e. The normalized spacial score (nSPS) is 19.0. The van der Waals surface area contributed by atoms with E-state index < -0.39 is 0 Å². The summed E-state index contributed by atoms with van der Waals surface area (Å²) in [6.45, 7) is 5.13. The predicted octanol–water partition coefficient (Wildman–Crippen LogP) is 4.64. The second-order valence-corrected chi connectivity index (χ2v) is 8.26. The van der Waals surface area contributed by atoms with Gasteiger partial charge in [-0.15, -0.1) is 0 Å². The number of rotatable bonds is 7. The Labute approximate surface area is 190 Å². The molecule has 1 aromatic heterocycles. The Kier molecular flexibility index (Phi) is 7.56. The van der Waals surface area contributed by atoms with Gasteiger partial charge in [0.05, 0.1) is 24.5 Å². The van der Waals surface area contributed by atoms with Crippen molar-refractivity contribution < 1.29 is 4.74 Å². The summed E-state index contributed by atoms with van der Waals surface area (Å²) >= 11 is 0. The third-order valence-electron chi connectivity index (χ3n) is 5.85. The number of ether oxygens (including phenoxy) is 1. The van der Waals surface area contributed by atoms with Crippen molar-refractivity contribution >= 4 is 5.96 Å². The number of nitrogens with zero attached hydrogens (tertiary/aromatic N) is 3.